The van der Waals surface area contributed by atoms with Gasteiger partial charge in [-0.2, -0.15) is 0 Å². The number of benzene rings is 2. The number of rotatable bonds is 7. The molecule has 7 nitrogen and oxygen atoms in total. The van der Waals surface area contributed by atoms with Gasteiger partial charge in [0.1, 0.15) is 18.0 Å². The lowest BCUT2D eigenvalue weighted by atomic mass is 10.1. The van der Waals surface area contributed by atoms with Gasteiger partial charge in [-0.3, -0.25) is 0 Å². The number of fused-ring (bicyclic) bond motifs is 1. The van der Waals surface area contributed by atoms with E-state index in [1.165, 1.54) is 5.56 Å². The van der Waals surface area contributed by atoms with Crippen molar-refractivity contribution in [2.75, 3.05) is 25.6 Å². The van der Waals surface area contributed by atoms with E-state index in [0.29, 0.717) is 19.2 Å². The fourth-order valence-corrected chi connectivity index (χ4v) is 4.24. The van der Waals surface area contributed by atoms with Crippen LogP contribution in [0.1, 0.15) is 5.56 Å². The summed E-state index contributed by atoms with van der Waals surface area (Å²) in [5.41, 5.74) is 2.98. The average Bonchev–Trinajstić information content (AvgIpc) is 3.41. The van der Waals surface area contributed by atoms with E-state index in [1.807, 2.05) is 36.4 Å². The third-order valence-electron chi connectivity index (χ3n) is 5.82. The van der Waals surface area contributed by atoms with Crippen LogP contribution in [0, 0.1) is 0 Å². The first-order valence-corrected chi connectivity index (χ1v) is 10.6. The summed E-state index contributed by atoms with van der Waals surface area (Å²) in [6.07, 6.45) is 1.73. The number of hydrogen-bond donors (Lipinski definition) is 2. The van der Waals surface area contributed by atoms with E-state index < -0.39 is 0 Å². The largest absolute Gasteiger partial charge is 0.496 e. The van der Waals surface area contributed by atoms with Crippen LogP contribution in [0.25, 0.3) is 11.3 Å². The Morgan fingerprint density at radius 3 is 2.52 bits per heavy atom. The summed E-state index contributed by atoms with van der Waals surface area (Å²) in [6.45, 7) is 1.98. The lowest BCUT2D eigenvalue weighted by Gasteiger charge is -2.18. The van der Waals surface area contributed by atoms with Crippen LogP contribution in [0.5, 0.6) is 5.75 Å². The van der Waals surface area contributed by atoms with E-state index in [1.54, 1.807) is 13.3 Å². The maximum atomic E-state index is 6.09. The molecule has 31 heavy (non-hydrogen) atoms. The molecule has 0 amide bonds. The van der Waals surface area contributed by atoms with Crippen LogP contribution >= 0.6 is 0 Å². The predicted octanol–water partition coefficient (Wildman–Crippen LogP) is 2.89. The molecular weight excluding hydrogens is 392 g/mol. The Hall–Kier alpha value is -3.00. The summed E-state index contributed by atoms with van der Waals surface area (Å²) in [7, 11) is 1.66. The Bertz CT molecular complexity index is 1020. The minimum Gasteiger partial charge on any atom is -0.496 e. The molecule has 2 aliphatic heterocycles. The van der Waals surface area contributed by atoms with Crippen molar-refractivity contribution in [3.63, 3.8) is 0 Å². The lowest BCUT2D eigenvalue weighted by molar-refractivity contribution is 0.0675. The molecule has 5 rings (SSSR count). The molecule has 0 spiro atoms. The minimum atomic E-state index is -0.0354. The normalized spacial score (nSPS) is 24.7. The number of nitrogens with zero attached hydrogens (tertiary/aromatic N) is 2. The monoisotopic (exact) mass is 418 g/mol. The quantitative estimate of drug-likeness (QED) is 0.611. The first kappa shape index (κ1) is 19.9. The highest BCUT2D eigenvalue weighted by Crippen LogP contribution is 2.31. The van der Waals surface area contributed by atoms with Crippen molar-refractivity contribution in [1.29, 1.82) is 0 Å². The number of hydrogen-bond acceptors (Lipinski definition) is 7. The van der Waals surface area contributed by atoms with Crippen molar-refractivity contribution in [1.82, 2.24) is 15.3 Å². The second-order valence-corrected chi connectivity index (χ2v) is 7.79. The zero-order valence-electron chi connectivity index (χ0n) is 17.4. The van der Waals surface area contributed by atoms with Crippen molar-refractivity contribution in [3.8, 4) is 17.0 Å². The van der Waals surface area contributed by atoms with E-state index in [-0.39, 0.29) is 24.3 Å². The van der Waals surface area contributed by atoms with E-state index in [9.17, 15) is 0 Å². The molecule has 0 bridgehead atoms. The second kappa shape index (κ2) is 9.01. The highest BCUT2D eigenvalue weighted by molar-refractivity contribution is 5.67. The summed E-state index contributed by atoms with van der Waals surface area (Å²) in [4.78, 5) is 9.10. The van der Waals surface area contributed by atoms with Crippen LogP contribution in [0.15, 0.2) is 66.9 Å². The molecule has 0 radical (unpaired) electrons. The first-order valence-electron chi connectivity index (χ1n) is 10.6. The van der Waals surface area contributed by atoms with E-state index in [0.717, 1.165) is 23.6 Å². The van der Waals surface area contributed by atoms with Crippen LogP contribution in [0.4, 0.5) is 5.95 Å². The van der Waals surface area contributed by atoms with Crippen LogP contribution in [0.3, 0.4) is 0 Å². The third-order valence-corrected chi connectivity index (χ3v) is 5.82. The number of aromatic nitrogens is 2. The molecule has 2 fully saturated rings. The summed E-state index contributed by atoms with van der Waals surface area (Å²) < 4.78 is 17.6. The van der Waals surface area contributed by atoms with Gasteiger partial charge in [0.15, 0.2) is 0 Å². The Kier molecular flexibility index (Phi) is 5.80. The SMILES string of the molecule is COc1ccccc1-c1ccnc(N[C@H]2CO[C@H]3[C@@H]2OC[C@@H]3NCc2ccccc2)n1. The van der Waals surface area contributed by atoms with Gasteiger partial charge in [0.2, 0.25) is 5.95 Å². The Morgan fingerprint density at radius 2 is 1.68 bits per heavy atom. The minimum absolute atomic E-state index is 0.00134. The summed E-state index contributed by atoms with van der Waals surface area (Å²) >= 11 is 0. The van der Waals surface area contributed by atoms with Crippen LogP contribution in [-0.2, 0) is 16.0 Å². The maximum absolute atomic E-state index is 6.09. The standard InChI is InChI=1S/C24H26N4O3/c1-29-21-10-6-5-9-17(21)18-11-12-25-24(27-18)28-20-15-31-22-19(14-30-23(20)22)26-13-16-7-3-2-4-8-16/h2-12,19-20,22-23,26H,13-15H2,1H3,(H,25,27,28)/t19-,20-,22+,23+/m0/s1. The molecule has 2 aromatic carbocycles. The van der Waals surface area contributed by atoms with Gasteiger partial charge in [-0.15, -0.1) is 0 Å². The van der Waals surface area contributed by atoms with Crippen molar-refractivity contribution in [2.45, 2.75) is 30.8 Å². The highest BCUT2D eigenvalue weighted by atomic mass is 16.6. The van der Waals surface area contributed by atoms with Crippen molar-refractivity contribution >= 4 is 5.95 Å². The molecule has 0 saturated carbocycles. The van der Waals surface area contributed by atoms with Crippen LogP contribution in [0.2, 0.25) is 0 Å². The van der Waals surface area contributed by atoms with Crippen molar-refractivity contribution in [2.24, 2.45) is 0 Å². The van der Waals surface area contributed by atoms with Crippen LogP contribution in [-0.4, -0.2) is 54.6 Å². The van der Waals surface area contributed by atoms with Gasteiger partial charge in [0, 0.05) is 18.3 Å². The van der Waals surface area contributed by atoms with E-state index in [2.05, 4.69) is 39.9 Å². The van der Waals surface area contributed by atoms with Gasteiger partial charge in [0.25, 0.3) is 0 Å². The first-order chi connectivity index (χ1) is 15.3. The molecule has 0 aliphatic carbocycles. The zero-order chi connectivity index (χ0) is 21.0. The summed E-state index contributed by atoms with van der Waals surface area (Å²) in [5.74, 6) is 1.34. The van der Waals surface area contributed by atoms with Gasteiger partial charge < -0.3 is 24.8 Å². The molecule has 1 aromatic heterocycles. The number of methoxy groups -OCH3 is 1. The Labute approximate surface area is 181 Å². The molecule has 3 heterocycles. The van der Waals surface area contributed by atoms with Gasteiger partial charge in [0.05, 0.1) is 38.1 Å². The smallest absolute Gasteiger partial charge is 0.223 e. The molecule has 4 atom stereocenters. The lowest BCUT2D eigenvalue weighted by Crippen LogP contribution is -2.41. The molecule has 2 saturated heterocycles. The van der Waals surface area contributed by atoms with E-state index in [4.69, 9.17) is 19.2 Å². The summed E-state index contributed by atoms with van der Waals surface area (Å²) in [5, 5.41) is 6.99. The zero-order valence-corrected chi connectivity index (χ0v) is 17.4. The van der Waals surface area contributed by atoms with Gasteiger partial charge in [-0.1, -0.05) is 42.5 Å². The van der Waals surface area contributed by atoms with Crippen LogP contribution < -0.4 is 15.4 Å². The molecule has 160 valence electrons. The van der Waals surface area contributed by atoms with Gasteiger partial charge in [-0.25, -0.2) is 9.97 Å². The highest BCUT2D eigenvalue weighted by Gasteiger charge is 2.47. The molecule has 3 aromatic rings. The fourth-order valence-electron chi connectivity index (χ4n) is 4.24. The number of nitrogens with one attached hydrogen (secondary N) is 2. The van der Waals surface area contributed by atoms with Gasteiger partial charge >= 0.3 is 0 Å². The summed E-state index contributed by atoms with van der Waals surface area (Å²) in [6, 6.07) is 20.2. The Balaban J connectivity index is 1.24. The molecule has 7 heteroatoms. The molecule has 0 unspecified atom stereocenters. The molecule has 2 aliphatic rings. The topological polar surface area (TPSA) is 77.5 Å². The average molecular weight is 418 g/mol. The molecule has 2 N–H and O–H groups in total. The Morgan fingerprint density at radius 1 is 0.935 bits per heavy atom. The molecular formula is C24H26N4O3. The number of anilines is 1. The van der Waals surface area contributed by atoms with Gasteiger partial charge in [-0.05, 0) is 23.8 Å². The second-order valence-electron chi connectivity index (χ2n) is 7.79. The fraction of sp³-hybridized carbons (Fsp3) is 0.333. The predicted molar refractivity (Wildman–Crippen MR) is 118 cm³/mol. The third kappa shape index (κ3) is 4.25. The number of ether oxygens (including phenoxy) is 3. The van der Waals surface area contributed by atoms with E-state index >= 15 is 0 Å². The number of para-hydroxylation sites is 1. The van der Waals surface area contributed by atoms with Crippen molar-refractivity contribution in [3.05, 3.63) is 72.4 Å². The van der Waals surface area contributed by atoms with Crippen molar-refractivity contribution < 1.29 is 14.2 Å². The maximum Gasteiger partial charge on any atom is 0.223 e.